The third-order valence-corrected chi connectivity index (χ3v) is 11.4. The van der Waals surface area contributed by atoms with Crippen LogP contribution in [0.1, 0.15) is 45.7 Å². The van der Waals surface area contributed by atoms with Crippen LogP contribution in [0.3, 0.4) is 0 Å². The molecule has 0 fully saturated rings. The van der Waals surface area contributed by atoms with Crippen molar-refractivity contribution in [2.45, 2.75) is 65.6 Å². The maximum absolute atomic E-state index is 4.05. The van der Waals surface area contributed by atoms with Crippen molar-refractivity contribution in [2.75, 3.05) is 5.32 Å². The zero-order valence-corrected chi connectivity index (χ0v) is 18.6. The lowest BCUT2D eigenvalue weighted by molar-refractivity contribution is -0.452. The van der Waals surface area contributed by atoms with Gasteiger partial charge in [0.25, 0.3) is 0 Å². The van der Waals surface area contributed by atoms with E-state index in [1.807, 2.05) is 0 Å². The quantitative estimate of drug-likeness (QED) is 0.492. The van der Waals surface area contributed by atoms with Crippen LogP contribution in [0.2, 0.25) is 0 Å². The monoisotopic (exact) mass is 383 g/mol. The van der Waals surface area contributed by atoms with E-state index in [0.29, 0.717) is 17.1 Å². The van der Waals surface area contributed by atoms with Crippen molar-refractivity contribution >= 4 is 24.7 Å². The van der Waals surface area contributed by atoms with E-state index in [4.69, 9.17) is 0 Å². The topological polar surface area (TPSA) is 27.1 Å². The molecule has 1 heterocycles. The second kappa shape index (κ2) is 7.64. The number of nitrogens with zero attached hydrogens (tertiary/aromatic N) is 1. The fourth-order valence-corrected chi connectivity index (χ4v) is 9.42. The van der Waals surface area contributed by atoms with E-state index in [9.17, 15) is 0 Å². The lowest BCUT2D eigenvalue weighted by Gasteiger charge is -2.30. The highest BCUT2D eigenvalue weighted by atomic mass is 31.2. The Hall–Kier alpha value is -1.86. The van der Waals surface area contributed by atoms with Crippen LogP contribution in [0.4, 0.5) is 11.4 Å². The molecule has 2 N–H and O–H groups in total. The van der Waals surface area contributed by atoms with Gasteiger partial charge in [-0.1, -0.05) is 36.4 Å². The Morgan fingerprint density at radius 1 is 0.889 bits per heavy atom. The first-order valence-electron chi connectivity index (χ1n) is 10.00. The summed E-state index contributed by atoms with van der Waals surface area (Å²) >= 11 is 0. The Balaban J connectivity index is 2.19. The van der Waals surface area contributed by atoms with Gasteiger partial charge in [0.2, 0.25) is 5.78 Å². The van der Waals surface area contributed by atoms with E-state index in [1.165, 1.54) is 16.8 Å². The summed E-state index contributed by atoms with van der Waals surface area (Å²) in [6.07, 6.45) is 0. The van der Waals surface area contributed by atoms with Crippen LogP contribution < -0.4 is 10.4 Å². The van der Waals surface area contributed by atoms with Gasteiger partial charge in [0.1, 0.15) is 5.69 Å². The summed E-state index contributed by atoms with van der Waals surface area (Å²) in [5.74, 6) is 1.56. The SMILES string of the molecule is Cc1cccc(C)c1[N+]1=C(Nc2ccccc2)N[P+](C(C)C)(C(C)C)[C@@H]1C. The fraction of sp³-hybridized carbons (Fsp3) is 0.435. The number of benzene rings is 2. The first-order chi connectivity index (χ1) is 12.8. The summed E-state index contributed by atoms with van der Waals surface area (Å²) in [7, 11) is -1.46. The van der Waals surface area contributed by atoms with Crippen LogP contribution in [0, 0.1) is 13.8 Å². The number of aryl methyl sites for hydroxylation is 2. The predicted octanol–water partition coefficient (Wildman–Crippen LogP) is 6.11. The molecule has 3 rings (SSSR count). The Morgan fingerprint density at radius 2 is 1.44 bits per heavy atom. The van der Waals surface area contributed by atoms with Crippen molar-refractivity contribution in [2.24, 2.45) is 0 Å². The molecule has 1 aliphatic heterocycles. The summed E-state index contributed by atoms with van der Waals surface area (Å²) in [6, 6.07) is 17.1. The summed E-state index contributed by atoms with van der Waals surface area (Å²) in [5.41, 5.74) is 6.31. The highest BCUT2D eigenvalue weighted by Gasteiger charge is 2.62. The van der Waals surface area contributed by atoms with Gasteiger partial charge in [-0.05, 0) is 64.8 Å². The van der Waals surface area contributed by atoms with Crippen molar-refractivity contribution in [3.8, 4) is 0 Å². The van der Waals surface area contributed by atoms with Gasteiger partial charge < -0.3 is 0 Å². The lowest BCUT2D eigenvalue weighted by atomic mass is 10.1. The van der Waals surface area contributed by atoms with Crippen LogP contribution in [0.15, 0.2) is 48.5 Å². The van der Waals surface area contributed by atoms with Gasteiger partial charge in [-0.2, -0.15) is 4.58 Å². The van der Waals surface area contributed by atoms with Crippen LogP contribution in [-0.4, -0.2) is 27.6 Å². The van der Waals surface area contributed by atoms with E-state index in [0.717, 1.165) is 11.6 Å². The highest BCUT2D eigenvalue weighted by molar-refractivity contribution is 7.76. The van der Waals surface area contributed by atoms with Gasteiger partial charge in [0.15, 0.2) is 7.41 Å². The van der Waals surface area contributed by atoms with Crippen LogP contribution in [0.25, 0.3) is 0 Å². The third-order valence-electron chi connectivity index (χ3n) is 5.96. The van der Waals surface area contributed by atoms with Crippen LogP contribution in [-0.2, 0) is 0 Å². The highest BCUT2D eigenvalue weighted by Crippen LogP contribution is 2.69. The predicted molar refractivity (Wildman–Crippen MR) is 121 cm³/mol. The lowest BCUT2D eigenvalue weighted by Crippen LogP contribution is -2.34. The number of hydrogen-bond donors (Lipinski definition) is 2. The molecule has 0 unspecified atom stereocenters. The fourth-order valence-electron chi connectivity index (χ4n) is 4.66. The van der Waals surface area contributed by atoms with Gasteiger partial charge in [0, 0.05) is 6.92 Å². The molecule has 0 bridgehead atoms. The summed E-state index contributed by atoms with van der Waals surface area (Å²) in [6.45, 7) is 16.4. The molecule has 144 valence electrons. The molecule has 0 spiro atoms. The van der Waals surface area contributed by atoms with E-state index in [1.54, 1.807) is 0 Å². The molecule has 0 aromatic heterocycles. The Kier molecular flexibility index (Phi) is 5.63. The molecule has 4 heteroatoms. The molecule has 2 aromatic rings. The van der Waals surface area contributed by atoms with Crippen molar-refractivity contribution in [3.63, 3.8) is 0 Å². The standard InChI is InChI=1S/C23H33N3P/c1-16(2)27(17(3)4)20(7)26(22-18(5)12-11-13-19(22)6)23(25-27)24-21-14-9-8-10-15-21/h8-17,20H,1-7H3,(H,24,25)/q+1/p+1/t20-/m1/s1. The number of hydrogen-bond acceptors (Lipinski definition) is 2. The first kappa shape index (κ1) is 19.9. The van der Waals surface area contributed by atoms with Crippen molar-refractivity contribution < 1.29 is 4.58 Å². The smallest absolute Gasteiger partial charge is 0.242 e. The minimum Gasteiger partial charge on any atom is -0.242 e. The van der Waals surface area contributed by atoms with E-state index in [-0.39, 0.29) is 0 Å². The normalized spacial score (nSPS) is 18.9. The van der Waals surface area contributed by atoms with Crippen LogP contribution >= 0.6 is 7.41 Å². The molecular formula is C23H34N3P+2. The summed E-state index contributed by atoms with van der Waals surface area (Å²) in [5, 5.41) is 7.75. The third kappa shape index (κ3) is 3.38. The number of nitrogens with one attached hydrogen (secondary N) is 2. The second-order valence-electron chi connectivity index (χ2n) is 8.22. The van der Waals surface area contributed by atoms with Gasteiger partial charge in [0.05, 0.1) is 17.0 Å². The van der Waals surface area contributed by atoms with Gasteiger partial charge in [-0.15, -0.1) is 5.09 Å². The van der Waals surface area contributed by atoms with Gasteiger partial charge >= 0.3 is 5.96 Å². The van der Waals surface area contributed by atoms with Crippen molar-refractivity contribution in [1.29, 1.82) is 0 Å². The first-order valence-corrected chi connectivity index (χ1v) is 12.0. The van der Waals surface area contributed by atoms with E-state index in [2.05, 4.69) is 112 Å². The number of para-hydroxylation sites is 2. The Bertz CT molecular complexity index is 812. The zero-order chi connectivity index (χ0) is 19.8. The molecule has 0 amide bonds. The maximum Gasteiger partial charge on any atom is 0.394 e. The maximum atomic E-state index is 4.05. The summed E-state index contributed by atoms with van der Waals surface area (Å²) < 4.78 is 2.53. The Labute approximate surface area is 165 Å². The molecule has 0 radical (unpaired) electrons. The van der Waals surface area contributed by atoms with Crippen molar-refractivity contribution in [1.82, 2.24) is 5.09 Å². The molecule has 2 aromatic carbocycles. The molecule has 0 saturated carbocycles. The molecule has 3 nitrogen and oxygen atoms in total. The number of rotatable bonds is 4. The van der Waals surface area contributed by atoms with E-state index >= 15 is 0 Å². The zero-order valence-electron chi connectivity index (χ0n) is 17.7. The molecule has 0 saturated heterocycles. The number of anilines is 1. The molecule has 0 aliphatic carbocycles. The summed E-state index contributed by atoms with van der Waals surface area (Å²) in [4.78, 5) is 0. The molecule has 1 atom stereocenters. The molecule has 27 heavy (non-hydrogen) atoms. The molecular weight excluding hydrogens is 349 g/mol. The average Bonchev–Trinajstić information content (AvgIpc) is 2.90. The molecule has 1 aliphatic rings. The van der Waals surface area contributed by atoms with E-state index < -0.39 is 7.41 Å². The minimum absolute atomic E-state index is 0.434. The van der Waals surface area contributed by atoms with Gasteiger partial charge in [-0.25, -0.2) is 5.32 Å². The second-order valence-corrected chi connectivity index (χ2v) is 12.9. The number of guanidine groups is 1. The van der Waals surface area contributed by atoms with Gasteiger partial charge in [-0.3, -0.25) is 0 Å². The average molecular weight is 384 g/mol. The largest absolute Gasteiger partial charge is 0.394 e. The van der Waals surface area contributed by atoms with Crippen LogP contribution in [0.5, 0.6) is 0 Å². The minimum atomic E-state index is -1.46. The van der Waals surface area contributed by atoms with Crippen molar-refractivity contribution in [3.05, 3.63) is 59.7 Å². The Morgan fingerprint density at radius 3 is 1.96 bits per heavy atom.